The zero-order chi connectivity index (χ0) is 23.5. The zero-order valence-corrected chi connectivity index (χ0v) is 18.9. The minimum atomic E-state index is -1.11. The maximum atomic E-state index is 12.1. The Balaban J connectivity index is 1.92. The molecule has 1 saturated carbocycles. The van der Waals surface area contributed by atoms with Crippen LogP contribution in [0.2, 0.25) is 0 Å². The van der Waals surface area contributed by atoms with Crippen LogP contribution in [-0.2, 0) is 14.3 Å². The van der Waals surface area contributed by atoms with Crippen molar-refractivity contribution in [2.75, 3.05) is 12.3 Å². The summed E-state index contributed by atoms with van der Waals surface area (Å²) in [5.41, 5.74) is 5.62. The van der Waals surface area contributed by atoms with Crippen LogP contribution in [0.3, 0.4) is 0 Å². The summed E-state index contributed by atoms with van der Waals surface area (Å²) in [6, 6.07) is 0. The summed E-state index contributed by atoms with van der Waals surface area (Å²) in [6.07, 6.45) is 4.08. The Morgan fingerprint density at radius 1 is 1.34 bits per heavy atom. The number of likely N-dealkylation sites (N-methyl/N-ethyl adjacent to an activating group) is 1. The first kappa shape index (κ1) is 23.5. The second-order valence-corrected chi connectivity index (χ2v) is 8.86. The van der Waals surface area contributed by atoms with Gasteiger partial charge in [-0.3, -0.25) is 9.36 Å². The maximum Gasteiger partial charge on any atom is 0.398 e. The number of imidazole rings is 1. The number of hydrogen-bond donors (Lipinski definition) is 3. The van der Waals surface area contributed by atoms with E-state index >= 15 is 0 Å². The summed E-state index contributed by atoms with van der Waals surface area (Å²) >= 11 is 0. The standard InChI is InChI=1S/C22H30N6O4/c1-5-15(32-20(30)19(29)24-6-2)28-13-25-16-17(23)26-14(27-18(16)28)8-11-22(31)10-7-9-21(3,4)12-22/h13,15,31H,5-7,9-10,12H2,1-4H3,(H,24,29)(H2,23,26,27)/t15-,22?/m1/s1. The first-order chi connectivity index (χ1) is 15.1. The van der Waals surface area contributed by atoms with Gasteiger partial charge in [0.1, 0.15) is 17.4 Å². The fourth-order valence-corrected chi connectivity index (χ4v) is 4.06. The normalized spacial score (nSPS) is 20.8. The van der Waals surface area contributed by atoms with Gasteiger partial charge < -0.3 is 20.9 Å². The smallest absolute Gasteiger partial charge is 0.398 e. The number of nitrogen functional groups attached to an aromatic ring is 1. The minimum Gasteiger partial charge on any atom is -0.434 e. The van der Waals surface area contributed by atoms with Crippen molar-refractivity contribution in [1.29, 1.82) is 0 Å². The fourth-order valence-electron chi connectivity index (χ4n) is 4.06. The molecule has 0 radical (unpaired) electrons. The molecule has 0 aliphatic heterocycles. The molecular formula is C22H30N6O4. The number of anilines is 1. The van der Waals surface area contributed by atoms with Crippen LogP contribution in [0.4, 0.5) is 5.82 Å². The van der Waals surface area contributed by atoms with Crippen LogP contribution in [0.5, 0.6) is 0 Å². The van der Waals surface area contributed by atoms with Gasteiger partial charge in [0.05, 0.1) is 0 Å². The molecule has 172 valence electrons. The molecule has 2 aromatic rings. The number of aliphatic hydroxyl groups is 1. The molecule has 1 aliphatic carbocycles. The van der Waals surface area contributed by atoms with Crippen molar-refractivity contribution in [2.45, 2.75) is 71.6 Å². The van der Waals surface area contributed by atoms with Crippen LogP contribution in [-0.4, -0.2) is 48.6 Å². The summed E-state index contributed by atoms with van der Waals surface area (Å²) < 4.78 is 6.86. The van der Waals surface area contributed by atoms with Gasteiger partial charge in [-0.1, -0.05) is 26.7 Å². The Morgan fingerprint density at radius 2 is 2.09 bits per heavy atom. The summed E-state index contributed by atoms with van der Waals surface area (Å²) in [4.78, 5) is 36.7. The molecular weight excluding hydrogens is 412 g/mol. The van der Waals surface area contributed by atoms with Crippen molar-refractivity contribution < 1.29 is 19.4 Å². The first-order valence-corrected chi connectivity index (χ1v) is 10.8. The van der Waals surface area contributed by atoms with Crippen molar-refractivity contribution in [3.63, 3.8) is 0 Å². The van der Waals surface area contributed by atoms with Crippen LogP contribution in [0.25, 0.3) is 11.2 Å². The lowest BCUT2D eigenvalue weighted by molar-refractivity contribution is -0.162. The molecule has 1 aliphatic rings. The lowest BCUT2D eigenvalue weighted by atomic mass is 9.70. The average Bonchev–Trinajstić information content (AvgIpc) is 3.14. The third-order valence-corrected chi connectivity index (χ3v) is 5.50. The van der Waals surface area contributed by atoms with Gasteiger partial charge in [0.25, 0.3) is 0 Å². The molecule has 1 amide bonds. The molecule has 4 N–H and O–H groups in total. The fraction of sp³-hybridized carbons (Fsp3) is 0.591. The lowest BCUT2D eigenvalue weighted by Gasteiger charge is -2.38. The molecule has 2 heterocycles. The monoisotopic (exact) mass is 442 g/mol. The molecule has 2 aromatic heterocycles. The van der Waals surface area contributed by atoms with Crippen LogP contribution in [0, 0.1) is 17.3 Å². The molecule has 3 rings (SSSR count). The van der Waals surface area contributed by atoms with Crippen molar-refractivity contribution in [3.8, 4) is 11.8 Å². The number of aromatic nitrogens is 4. The Bertz CT molecular complexity index is 1080. The van der Waals surface area contributed by atoms with E-state index < -0.39 is 23.7 Å². The van der Waals surface area contributed by atoms with Gasteiger partial charge in [-0.05, 0) is 43.9 Å². The highest BCUT2D eigenvalue weighted by Crippen LogP contribution is 2.40. The molecule has 2 atom stereocenters. The SMILES string of the molecule is CCNC(=O)C(=O)O[C@H](CC)n1cnc2c(N)nc(C#CC3(O)CCCC(C)(C)C3)nc21. The molecule has 0 aromatic carbocycles. The van der Waals surface area contributed by atoms with Gasteiger partial charge in [-0.25, -0.2) is 19.7 Å². The molecule has 10 nitrogen and oxygen atoms in total. The van der Waals surface area contributed by atoms with E-state index in [-0.39, 0.29) is 17.1 Å². The molecule has 0 spiro atoms. The predicted octanol–water partition coefficient (Wildman–Crippen LogP) is 1.68. The van der Waals surface area contributed by atoms with Crippen molar-refractivity contribution in [3.05, 3.63) is 12.2 Å². The van der Waals surface area contributed by atoms with Crippen LogP contribution >= 0.6 is 0 Å². The number of nitrogens with two attached hydrogens (primary N) is 1. The van der Waals surface area contributed by atoms with E-state index in [0.29, 0.717) is 37.0 Å². The van der Waals surface area contributed by atoms with Crippen LogP contribution in [0.15, 0.2) is 6.33 Å². The molecule has 0 bridgehead atoms. The lowest BCUT2D eigenvalue weighted by Crippen LogP contribution is -2.37. The number of carbonyl (C=O) groups excluding carboxylic acids is 2. The van der Waals surface area contributed by atoms with E-state index in [9.17, 15) is 14.7 Å². The molecule has 0 saturated heterocycles. The first-order valence-electron chi connectivity index (χ1n) is 10.8. The summed E-state index contributed by atoms with van der Waals surface area (Å²) in [5, 5.41) is 13.3. The summed E-state index contributed by atoms with van der Waals surface area (Å²) in [5.74, 6) is 4.24. The number of nitrogens with zero attached hydrogens (tertiary/aromatic N) is 4. The third kappa shape index (κ3) is 5.16. The van der Waals surface area contributed by atoms with Gasteiger partial charge in [-0.2, -0.15) is 0 Å². The zero-order valence-electron chi connectivity index (χ0n) is 18.9. The highest BCUT2D eigenvalue weighted by Gasteiger charge is 2.37. The topological polar surface area (TPSA) is 145 Å². The van der Waals surface area contributed by atoms with Crippen LogP contribution in [0.1, 0.15) is 71.9 Å². The molecule has 1 unspecified atom stereocenters. The minimum absolute atomic E-state index is 0.00638. The van der Waals surface area contributed by atoms with Gasteiger partial charge in [0.15, 0.2) is 17.7 Å². The number of rotatable bonds is 4. The van der Waals surface area contributed by atoms with Crippen molar-refractivity contribution in [2.24, 2.45) is 5.41 Å². The van der Waals surface area contributed by atoms with E-state index in [4.69, 9.17) is 10.5 Å². The highest BCUT2D eigenvalue weighted by molar-refractivity contribution is 6.32. The van der Waals surface area contributed by atoms with Crippen molar-refractivity contribution in [1.82, 2.24) is 24.8 Å². The third-order valence-electron chi connectivity index (χ3n) is 5.50. The number of hydrogen-bond acceptors (Lipinski definition) is 8. The number of nitrogens with one attached hydrogen (secondary N) is 1. The Hall–Kier alpha value is -3.19. The Labute approximate surface area is 187 Å². The number of amides is 1. The van der Waals surface area contributed by atoms with Gasteiger partial charge in [-0.15, -0.1) is 0 Å². The largest absolute Gasteiger partial charge is 0.434 e. The highest BCUT2D eigenvalue weighted by atomic mass is 16.6. The number of esters is 1. The van der Waals surface area contributed by atoms with E-state index in [0.717, 1.165) is 12.8 Å². The van der Waals surface area contributed by atoms with Crippen LogP contribution < -0.4 is 11.1 Å². The molecule has 10 heteroatoms. The average molecular weight is 443 g/mol. The number of fused-ring (bicyclic) bond motifs is 1. The quantitative estimate of drug-likeness (QED) is 0.368. The molecule has 1 fully saturated rings. The molecule has 32 heavy (non-hydrogen) atoms. The predicted molar refractivity (Wildman–Crippen MR) is 118 cm³/mol. The number of ether oxygens (including phenoxy) is 1. The number of carbonyl (C=O) groups is 2. The van der Waals surface area contributed by atoms with E-state index in [1.807, 2.05) is 0 Å². The maximum absolute atomic E-state index is 12.1. The van der Waals surface area contributed by atoms with Gasteiger partial charge in [0.2, 0.25) is 5.82 Å². The summed E-state index contributed by atoms with van der Waals surface area (Å²) in [7, 11) is 0. The van der Waals surface area contributed by atoms with Crippen molar-refractivity contribution >= 4 is 28.9 Å². The van der Waals surface area contributed by atoms with Gasteiger partial charge >= 0.3 is 11.9 Å². The Morgan fingerprint density at radius 3 is 2.75 bits per heavy atom. The Kier molecular flexibility index (Phi) is 6.69. The van der Waals surface area contributed by atoms with Gasteiger partial charge in [0, 0.05) is 13.0 Å². The van der Waals surface area contributed by atoms with E-state index in [1.165, 1.54) is 10.9 Å². The second kappa shape index (κ2) is 9.12. The van der Waals surface area contributed by atoms with E-state index in [2.05, 4.69) is 46.0 Å². The second-order valence-electron chi connectivity index (χ2n) is 8.86. The van der Waals surface area contributed by atoms with E-state index in [1.54, 1.807) is 13.8 Å². The summed E-state index contributed by atoms with van der Waals surface area (Å²) in [6.45, 7) is 8.05.